The minimum Gasteiger partial charge on any atom is -0.497 e. The van der Waals surface area contributed by atoms with Crippen LogP contribution in [0, 0.1) is 5.92 Å². The summed E-state index contributed by atoms with van der Waals surface area (Å²) in [5.74, 6) is 1.17. The highest BCUT2D eigenvalue weighted by Crippen LogP contribution is 2.34. The number of aromatic nitrogens is 1. The second kappa shape index (κ2) is 9.50. The first-order chi connectivity index (χ1) is 17.3. The first-order valence-electron chi connectivity index (χ1n) is 11.5. The van der Waals surface area contributed by atoms with E-state index in [1.54, 1.807) is 49.6 Å². The fraction of sp³-hybridized carbons (Fsp3) is 0.185. The number of amides is 1. The highest BCUT2D eigenvalue weighted by atomic mass is 32.2. The number of benzene rings is 3. The minimum absolute atomic E-state index is 0.0683. The number of methoxy groups -OCH3 is 1. The molecule has 5 rings (SSSR count). The molecule has 1 heterocycles. The topological polar surface area (TPSA) is 121 Å². The molecule has 0 spiro atoms. The van der Waals surface area contributed by atoms with Crippen molar-refractivity contribution in [1.82, 2.24) is 4.98 Å². The lowest BCUT2D eigenvalue weighted by molar-refractivity contribution is 0.100. The summed E-state index contributed by atoms with van der Waals surface area (Å²) in [6.45, 7) is 0.648. The van der Waals surface area contributed by atoms with Crippen molar-refractivity contribution in [3.63, 3.8) is 0 Å². The van der Waals surface area contributed by atoms with E-state index in [1.165, 1.54) is 43.3 Å². The molecular weight excluding hydrogens is 478 g/mol. The number of pyridine rings is 1. The van der Waals surface area contributed by atoms with Crippen LogP contribution < -0.4 is 20.5 Å². The summed E-state index contributed by atoms with van der Waals surface area (Å²) >= 11 is 0. The quantitative estimate of drug-likeness (QED) is 0.339. The van der Waals surface area contributed by atoms with Gasteiger partial charge in [-0.3, -0.25) is 9.78 Å². The number of hydrogen-bond acceptors (Lipinski definition) is 7. The minimum atomic E-state index is -3.85. The molecule has 0 bridgehead atoms. The van der Waals surface area contributed by atoms with Gasteiger partial charge >= 0.3 is 0 Å². The first-order valence-corrected chi connectivity index (χ1v) is 12.9. The smallest absolute Gasteiger partial charge is 0.252 e. The van der Waals surface area contributed by atoms with Crippen LogP contribution in [0.25, 0.3) is 10.9 Å². The fourth-order valence-corrected chi connectivity index (χ4v) is 5.14. The molecule has 1 aromatic heterocycles. The van der Waals surface area contributed by atoms with Crippen molar-refractivity contribution in [2.45, 2.75) is 22.6 Å². The Morgan fingerprint density at radius 3 is 2.47 bits per heavy atom. The number of fused-ring (bicyclic) bond motifs is 1. The molecule has 0 radical (unpaired) electrons. The highest BCUT2D eigenvalue weighted by Gasteiger charge is 2.23. The Kier molecular flexibility index (Phi) is 6.24. The number of carbonyl (C=O) groups is 1. The zero-order valence-electron chi connectivity index (χ0n) is 19.6. The van der Waals surface area contributed by atoms with Gasteiger partial charge in [-0.1, -0.05) is 6.07 Å². The van der Waals surface area contributed by atoms with Crippen molar-refractivity contribution in [2.24, 2.45) is 11.7 Å². The van der Waals surface area contributed by atoms with Gasteiger partial charge in [-0.2, -0.15) is 0 Å². The number of carbonyl (C=O) groups excluding carboxylic acids is 1. The van der Waals surface area contributed by atoms with Crippen LogP contribution in [0.15, 0.2) is 82.7 Å². The molecule has 0 saturated heterocycles. The van der Waals surface area contributed by atoms with Gasteiger partial charge in [0.2, 0.25) is 9.84 Å². The molecule has 1 fully saturated rings. The SMILES string of the molecule is COc1cccc(Nc2c(C(N)=O)cnc3ccc(S(=O)(=O)c4ccc(OCC5CC5)cc4)cc23)c1. The molecule has 1 amide bonds. The maximum Gasteiger partial charge on any atom is 0.252 e. The zero-order chi connectivity index (χ0) is 25.3. The number of primary amides is 1. The largest absolute Gasteiger partial charge is 0.497 e. The monoisotopic (exact) mass is 503 g/mol. The third-order valence-corrected chi connectivity index (χ3v) is 7.84. The van der Waals surface area contributed by atoms with Crippen LogP contribution in [0.2, 0.25) is 0 Å². The first kappa shape index (κ1) is 23.6. The van der Waals surface area contributed by atoms with Gasteiger partial charge in [-0.05, 0) is 73.4 Å². The van der Waals surface area contributed by atoms with Crippen molar-refractivity contribution in [3.05, 3.63) is 78.5 Å². The van der Waals surface area contributed by atoms with E-state index < -0.39 is 15.7 Å². The van der Waals surface area contributed by atoms with E-state index in [0.29, 0.717) is 46.3 Å². The maximum absolute atomic E-state index is 13.4. The number of nitrogens with two attached hydrogens (primary N) is 1. The van der Waals surface area contributed by atoms with Crippen molar-refractivity contribution >= 4 is 38.0 Å². The molecule has 9 heteroatoms. The Bertz CT molecular complexity index is 1550. The third kappa shape index (κ3) is 4.83. The van der Waals surface area contributed by atoms with Gasteiger partial charge in [0.05, 0.1) is 40.3 Å². The molecule has 3 aromatic carbocycles. The number of anilines is 2. The second-order valence-corrected chi connectivity index (χ2v) is 10.6. The number of sulfone groups is 1. The molecule has 36 heavy (non-hydrogen) atoms. The van der Waals surface area contributed by atoms with E-state index in [9.17, 15) is 13.2 Å². The summed E-state index contributed by atoms with van der Waals surface area (Å²) in [6, 6.07) is 18.2. The summed E-state index contributed by atoms with van der Waals surface area (Å²) in [7, 11) is -2.29. The van der Waals surface area contributed by atoms with Crippen LogP contribution in [-0.2, 0) is 9.84 Å². The molecule has 3 N–H and O–H groups in total. The van der Waals surface area contributed by atoms with Crippen LogP contribution in [0.1, 0.15) is 23.2 Å². The van der Waals surface area contributed by atoms with Gasteiger partial charge < -0.3 is 20.5 Å². The average Bonchev–Trinajstić information content (AvgIpc) is 3.72. The van der Waals surface area contributed by atoms with E-state index in [1.807, 2.05) is 0 Å². The van der Waals surface area contributed by atoms with Crippen LogP contribution in [0.4, 0.5) is 11.4 Å². The summed E-state index contributed by atoms with van der Waals surface area (Å²) in [5, 5.41) is 3.64. The molecule has 0 unspecified atom stereocenters. The van der Waals surface area contributed by atoms with Crippen LogP contribution >= 0.6 is 0 Å². The van der Waals surface area contributed by atoms with Crippen LogP contribution in [0.5, 0.6) is 11.5 Å². The van der Waals surface area contributed by atoms with Gasteiger partial charge in [0.25, 0.3) is 5.91 Å². The van der Waals surface area contributed by atoms with Gasteiger partial charge in [0, 0.05) is 23.3 Å². The Morgan fingerprint density at radius 2 is 1.78 bits per heavy atom. The molecule has 1 saturated carbocycles. The number of nitrogens with zero attached hydrogens (tertiary/aromatic N) is 1. The number of nitrogens with one attached hydrogen (secondary N) is 1. The van der Waals surface area contributed by atoms with E-state index in [4.69, 9.17) is 15.2 Å². The van der Waals surface area contributed by atoms with E-state index in [0.717, 1.165) is 0 Å². The van der Waals surface area contributed by atoms with Crippen LogP contribution in [0.3, 0.4) is 0 Å². The normalized spacial score (nSPS) is 13.4. The average molecular weight is 504 g/mol. The molecule has 184 valence electrons. The van der Waals surface area contributed by atoms with E-state index in [2.05, 4.69) is 10.3 Å². The van der Waals surface area contributed by atoms with Crippen molar-refractivity contribution in [3.8, 4) is 11.5 Å². The Balaban J connectivity index is 1.54. The highest BCUT2D eigenvalue weighted by molar-refractivity contribution is 7.91. The summed E-state index contributed by atoms with van der Waals surface area (Å²) < 4.78 is 37.9. The molecule has 1 aliphatic carbocycles. The van der Waals surface area contributed by atoms with Crippen molar-refractivity contribution in [1.29, 1.82) is 0 Å². The summed E-state index contributed by atoms with van der Waals surface area (Å²) in [4.78, 5) is 16.7. The van der Waals surface area contributed by atoms with Gasteiger partial charge in [0.15, 0.2) is 0 Å². The Morgan fingerprint density at radius 1 is 1.03 bits per heavy atom. The molecule has 4 aromatic rings. The maximum atomic E-state index is 13.4. The third-order valence-electron chi connectivity index (χ3n) is 6.07. The second-order valence-electron chi connectivity index (χ2n) is 8.68. The summed E-state index contributed by atoms with van der Waals surface area (Å²) in [5.41, 5.74) is 7.26. The number of rotatable bonds is 9. The zero-order valence-corrected chi connectivity index (χ0v) is 20.4. The Hall–Kier alpha value is -4.11. The number of ether oxygens (including phenoxy) is 2. The van der Waals surface area contributed by atoms with E-state index in [-0.39, 0.29) is 15.4 Å². The molecule has 8 nitrogen and oxygen atoms in total. The predicted octanol–water partition coefficient (Wildman–Crippen LogP) is 4.71. The Labute approximate surface area is 209 Å². The molecule has 0 aliphatic heterocycles. The van der Waals surface area contributed by atoms with E-state index >= 15 is 0 Å². The van der Waals surface area contributed by atoms with Crippen molar-refractivity contribution < 1.29 is 22.7 Å². The number of hydrogen-bond donors (Lipinski definition) is 2. The van der Waals surface area contributed by atoms with Crippen LogP contribution in [-0.4, -0.2) is 33.0 Å². The summed E-state index contributed by atoms with van der Waals surface area (Å²) in [6.07, 6.45) is 3.73. The standard InChI is InChI=1S/C27H25N3O5S/c1-34-20-4-2-3-18(13-20)30-26-23-14-22(11-12-25(23)29-15-24(26)27(28)31)36(32,33)21-9-7-19(8-10-21)35-16-17-5-6-17/h2-4,7-15,17H,5-6,16H2,1H3,(H2,28,31)(H,29,30). The molecule has 1 aliphatic rings. The molecular formula is C27H25N3O5S. The van der Waals surface area contributed by atoms with Crippen molar-refractivity contribution in [2.75, 3.05) is 19.0 Å². The predicted molar refractivity (Wildman–Crippen MR) is 137 cm³/mol. The van der Waals surface area contributed by atoms with Gasteiger partial charge in [-0.15, -0.1) is 0 Å². The lowest BCUT2D eigenvalue weighted by atomic mass is 10.1. The van der Waals surface area contributed by atoms with Gasteiger partial charge in [0.1, 0.15) is 11.5 Å². The lowest BCUT2D eigenvalue weighted by Gasteiger charge is -2.15. The fourth-order valence-electron chi connectivity index (χ4n) is 3.86. The van der Waals surface area contributed by atoms with Gasteiger partial charge in [-0.25, -0.2) is 8.42 Å². The lowest BCUT2D eigenvalue weighted by Crippen LogP contribution is -2.14. The molecule has 0 atom stereocenters.